The van der Waals surface area contributed by atoms with Crippen LogP contribution in [-0.2, 0) is 4.79 Å². The number of halogens is 3. The summed E-state index contributed by atoms with van der Waals surface area (Å²) in [5.41, 5.74) is 0.441. The number of carbonyl (C=O) groups is 1. The quantitative estimate of drug-likeness (QED) is 0.916. The van der Waals surface area contributed by atoms with Crippen molar-refractivity contribution in [2.75, 3.05) is 0 Å². The summed E-state index contributed by atoms with van der Waals surface area (Å²) in [5, 5.41) is 9.05. The van der Waals surface area contributed by atoms with Crippen LogP contribution in [0.15, 0.2) is 24.3 Å². The van der Waals surface area contributed by atoms with E-state index >= 15 is 0 Å². The molecule has 6 heteroatoms. The number of benzene rings is 1. The van der Waals surface area contributed by atoms with E-state index in [1.165, 1.54) is 12.1 Å². The molecule has 1 aromatic carbocycles. The number of rotatable bonds is 3. The van der Waals surface area contributed by atoms with E-state index in [4.69, 9.17) is 5.11 Å². The fourth-order valence-electron chi connectivity index (χ4n) is 2.73. The van der Waals surface area contributed by atoms with Gasteiger partial charge in [-0.2, -0.15) is 0 Å². The Bertz CT molecular complexity index is 485. The number of hydrogen-bond acceptors (Lipinski definition) is 2. The predicted octanol–water partition coefficient (Wildman–Crippen LogP) is 3.94. The van der Waals surface area contributed by atoms with E-state index in [9.17, 15) is 18.0 Å². The first kappa shape index (κ1) is 14.7. The number of carboxylic acid groups (broad SMARTS) is 1. The predicted molar refractivity (Wildman–Crippen MR) is 65.5 cm³/mol. The molecule has 1 aliphatic rings. The number of carboxylic acids is 1. The Morgan fingerprint density at radius 1 is 1.25 bits per heavy atom. The van der Waals surface area contributed by atoms with Gasteiger partial charge in [0, 0.05) is 0 Å². The van der Waals surface area contributed by atoms with E-state index in [1.54, 1.807) is 12.1 Å². The van der Waals surface area contributed by atoms with E-state index in [1.807, 2.05) is 0 Å². The van der Waals surface area contributed by atoms with Crippen LogP contribution in [-0.4, -0.2) is 17.4 Å². The molecule has 0 saturated heterocycles. The molecule has 1 saturated carbocycles. The molecule has 0 amide bonds. The van der Waals surface area contributed by atoms with E-state index < -0.39 is 18.2 Å². The molecule has 0 radical (unpaired) electrons. The molecule has 0 heterocycles. The van der Waals surface area contributed by atoms with Crippen LogP contribution >= 0.6 is 0 Å². The van der Waals surface area contributed by atoms with Crippen molar-refractivity contribution in [2.45, 2.75) is 38.0 Å². The van der Waals surface area contributed by atoms with E-state index in [-0.39, 0.29) is 11.7 Å². The van der Waals surface area contributed by atoms with Crippen molar-refractivity contribution < 1.29 is 27.8 Å². The van der Waals surface area contributed by atoms with Crippen molar-refractivity contribution in [3.8, 4) is 5.75 Å². The molecule has 0 aliphatic heterocycles. The van der Waals surface area contributed by atoms with Gasteiger partial charge in [-0.1, -0.05) is 24.6 Å². The Hall–Kier alpha value is -1.72. The summed E-state index contributed by atoms with van der Waals surface area (Å²) in [6, 6.07) is 5.97. The largest absolute Gasteiger partial charge is 0.573 e. The third-order valence-corrected chi connectivity index (χ3v) is 3.61. The molecule has 0 aromatic heterocycles. The van der Waals surface area contributed by atoms with Crippen LogP contribution in [0.1, 0.15) is 37.2 Å². The lowest BCUT2D eigenvalue weighted by Crippen LogP contribution is -2.23. The first-order chi connectivity index (χ1) is 9.37. The molecule has 2 unspecified atom stereocenters. The molecular weight excluding hydrogens is 273 g/mol. The summed E-state index contributed by atoms with van der Waals surface area (Å²) >= 11 is 0. The highest BCUT2D eigenvalue weighted by atomic mass is 19.4. The second-order valence-electron chi connectivity index (χ2n) is 4.98. The average Bonchev–Trinajstić information content (AvgIpc) is 2.37. The van der Waals surface area contributed by atoms with Gasteiger partial charge in [0.2, 0.25) is 0 Å². The number of hydrogen-bond donors (Lipinski definition) is 1. The zero-order chi connectivity index (χ0) is 14.8. The Labute approximate surface area is 114 Å². The summed E-state index contributed by atoms with van der Waals surface area (Å²) in [6.45, 7) is 0. The lowest BCUT2D eigenvalue weighted by atomic mass is 9.78. The second-order valence-corrected chi connectivity index (χ2v) is 4.98. The Morgan fingerprint density at radius 2 is 1.95 bits per heavy atom. The van der Waals surface area contributed by atoms with E-state index in [2.05, 4.69) is 4.74 Å². The van der Waals surface area contributed by atoms with E-state index in [0.29, 0.717) is 31.2 Å². The summed E-state index contributed by atoms with van der Waals surface area (Å²) in [5.74, 6) is -1.81. The molecule has 1 fully saturated rings. The molecule has 1 aromatic rings. The summed E-state index contributed by atoms with van der Waals surface area (Å²) in [4.78, 5) is 11.0. The van der Waals surface area contributed by atoms with Crippen molar-refractivity contribution in [1.29, 1.82) is 0 Å². The van der Waals surface area contributed by atoms with Gasteiger partial charge in [-0.05, 0) is 36.8 Å². The van der Waals surface area contributed by atoms with Gasteiger partial charge < -0.3 is 9.84 Å². The molecule has 2 rings (SSSR count). The van der Waals surface area contributed by atoms with Crippen LogP contribution in [0.3, 0.4) is 0 Å². The average molecular weight is 288 g/mol. The van der Waals surface area contributed by atoms with Crippen LogP contribution in [0.5, 0.6) is 5.75 Å². The molecule has 20 heavy (non-hydrogen) atoms. The maximum absolute atomic E-state index is 12.4. The monoisotopic (exact) mass is 288 g/mol. The fraction of sp³-hybridized carbons (Fsp3) is 0.500. The standard InChI is InChI=1S/C14H15F3O3/c15-14(16,17)20-12-7-2-1-6-11(12)9-4-3-5-10(8-9)13(18)19/h1-2,6-7,9-10H,3-5,8H2,(H,18,19). The lowest BCUT2D eigenvalue weighted by Gasteiger charge is -2.28. The van der Waals surface area contributed by atoms with Gasteiger partial charge in [-0.25, -0.2) is 0 Å². The first-order valence-electron chi connectivity index (χ1n) is 6.44. The van der Waals surface area contributed by atoms with Gasteiger partial charge in [0.1, 0.15) is 5.75 Å². The van der Waals surface area contributed by atoms with Crippen molar-refractivity contribution in [1.82, 2.24) is 0 Å². The van der Waals surface area contributed by atoms with Crippen molar-refractivity contribution in [3.05, 3.63) is 29.8 Å². The smallest absolute Gasteiger partial charge is 0.481 e. The second kappa shape index (κ2) is 5.73. The molecule has 2 atom stereocenters. The van der Waals surface area contributed by atoms with Crippen LogP contribution in [0.25, 0.3) is 0 Å². The topological polar surface area (TPSA) is 46.5 Å². The van der Waals surface area contributed by atoms with Crippen LogP contribution in [0, 0.1) is 5.92 Å². The number of aliphatic carboxylic acids is 1. The first-order valence-corrected chi connectivity index (χ1v) is 6.44. The van der Waals surface area contributed by atoms with Gasteiger partial charge in [0.25, 0.3) is 0 Å². The summed E-state index contributed by atoms with van der Waals surface area (Å²) in [6.07, 6.45) is -2.43. The molecule has 1 N–H and O–H groups in total. The Morgan fingerprint density at radius 3 is 2.60 bits per heavy atom. The zero-order valence-electron chi connectivity index (χ0n) is 10.7. The number of alkyl halides is 3. The highest BCUT2D eigenvalue weighted by Gasteiger charge is 2.34. The Kier molecular flexibility index (Phi) is 4.20. The molecule has 0 bridgehead atoms. The summed E-state index contributed by atoms with van der Waals surface area (Å²) < 4.78 is 41.2. The SMILES string of the molecule is O=C(O)C1CCCC(c2ccccc2OC(F)(F)F)C1. The molecule has 110 valence electrons. The highest BCUT2D eigenvalue weighted by Crippen LogP contribution is 2.41. The molecule has 1 aliphatic carbocycles. The minimum Gasteiger partial charge on any atom is -0.481 e. The third-order valence-electron chi connectivity index (χ3n) is 3.61. The normalized spacial score (nSPS) is 23.4. The number of ether oxygens (including phenoxy) is 1. The van der Waals surface area contributed by atoms with E-state index in [0.717, 1.165) is 0 Å². The highest BCUT2D eigenvalue weighted by molar-refractivity contribution is 5.70. The number of para-hydroxylation sites is 1. The minimum absolute atomic E-state index is 0.205. The van der Waals surface area contributed by atoms with Crippen molar-refractivity contribution in [3.63, 3.8) is 0 Å². The molecule has 3 nitrogen and oxygen atoms in total. The maximum atomic E-state index is 12.4. The zero-order valence-corrected chi connectivity index (χ0v) is 10.7. The van der Waals surface area contributed by atoms with Gasteiger partial charge >= 0.3 is 12.3 Å². The third kappa shape index (κ3) is 3.65. The lowest BCUT2D eigenvalue weighted by molar-refractivity contribution is -0.275. The fourth-order valence-corrected chi connectivity index (χ4v) is 2.73. The van der Waals surface area contributed by atoms with Crippen LogP contribution in [0.2, 0.25) is 0 Å². The van der Waals surface area contributed by atoms with Gasteiger partial charge in [-0.3, -0.25) is 4.79 Å². The minimum atomic E-state index is -4.74. The molecular formula is C14H15F3O3. The van der Waals surface area contributed by atoms with Gasteiger partial charge in [0.05, 0.1) is 5.92 Å². The van der Waals surface area contributed by atoms with Crippen molar-refractivity contribution in [2.24, 2.45) is 5.92 Å². The van der Waals surface area contributed by atoms with Gasteiger partial charge in [-0.15, -0.1) is 13.2 Å². The summed E-state index contributed by atoms with van der Waals surface area (Å²) in [7, 11) is 0. The van der Waals surface area contributed by atoms with Crippen LogP contribution < -0.4 is 4.74 Å². The van der Waals surface area contributed by atoms with Crippen LogP contribution in [0.4, 0.5) is 13.2 Å². The molecule has 0 spiro atoms. The van der Waals surface area contributed by atoms with Gasteiger partial charge in [0.15, 0.2) is 0 Å². The Balaban J connectivity index is 2.21. The maximum Gasteiger partial charge on any atom is 0.573 e. The van der Waals surface area contributed by atoms with Crippen molar-refractivity contribution >= 4 is 5.97 Å².